The standard InChI is InChI=1S/C32H38F2N3O.C31H36F2N3O.C28H42F2N3O.C26H37FN4O2/c1-31(25-10-14-27(33)15-11-25,26-12-16-28(34)17-13-26)18-7-21-36(2)22-19-32(20-23-36)30(38)35-24-37(32,3)29-8-5-4-6-9-29;1-31(36(3)29-9-5-4-8-28(29)34-30(36)37)18-21-35(2,22-19-31)20-6-7-27(23-10-14-25(32)15-11-23)24-12-16-26(33)17-13-24;1-7-31(3,4)27(34)33(6)21-19-32(5,20-22-33)18-8-17-28(2,23-9-13-25(29)14-10-23)24-11-15-26(30)16-12-24;1-7-23-28-18(3)20(25(32)31(23,6)8-2)11-14-30(5)15-12-26(4,13-16-30)24-21-10-9-19(27)17-22(21)33-29-24/h4-6,8-17H,7,18-24H2,1-3H3;4-5,8-17,27H,6-7,18-22H2,1-3H3;9-16H,7-8,17-22H2,1-6H3;9-10,17H,7-8,11-16H2,1-6H3/q2*+1;+3;+2/p+2. The van der Waals surface area contributed by atoms with Gasteiger partial charge in [-0.15, -0.1) is 0 Å². The molecule has 3 atom stereocenters. The van der Waals surface area contributed by atoms with Crippen molar-refractivity contribution < 1.29 is 85.8 Å². The van der Waals surface area contributed by atoms with Crippen molar-refractivity contribution in [3.63, 3.8) is 0 Å². The SMILES string of the molecule is CC(CCC[N+]1(C)CCC2(CC1)C(=O)NC[N+]2(C)c1ccccc1)(c1ccc(F)cc1)c1ccc(F)cc1.CC1([N+]2(C)C(=O)Nc3ccccc32)CC[N+](C)(CCCC(c2ccc(F)cc2)c2ccc(F)cc2)CC1.CCC1=NC(C)=C(CC[N+]2(C)CCC(C)(c3noc4cc(F)ccc34)CC2)C(=O)[N+]1(C)CC.CC[N+](C)(C)C(=O)[N+]1(C)CC[N+](C)(CCCC(C)(c2ccc(F)cc2)c2ccc(F)cc2)CC1. The van der Waals surface area contributed by atoms with E-state index < -0.39 is 5.54 Å². The van der Waals surface area contributed by atoms with E-state index in [-0.39, 0.29) is 92.3 Å². The first kappa shape index (κ1) is 107. The van der Waals surface area contributed by atoms with Gasteiger partial charge in [0.25, 0.3) is 5.91 Å². The van der Waals surface area contributed by atoms with Crippen molar-refractivity contribution in [1.82, 2.24) is 19.4 Å². The fourth-order valence-corrected chi connectivity index (χ4v) is 23.9. The summed E-state index contributed by atoms with van der Waals surface area (Å²) in [6, 6.07) is 63.6. The van der Waals surface area contributed by atoms with Gasteiger partial charge in [0, 0.05) is 65.4 Å². The van der Waals surface area contributed by atoms with Crippen LogP contribution >= 0.6 is 0 Å². The fraction of sp³-hybridized carbons (Fsp3) is 0.470. The van der Waals surface area contributed by atoms with E-state index in [1.165, 1.54) is 90.6 Å². The molecule has 758 valence electrons. The number of piperazine rings is 1. The number of urea groups is 2. The Morgan fingerprint density at radius 3 is 1.39 bits per heavy atom. The van der Waals surface area contributed by atoms with E-state index in [2.05, 4.69) is 144 Å². The lowest BCUT2D eigenvalue weighted by atomic mass is 9.73. The smallest absolute Gasteiger partial charge is 0.356 e. The quantitative estimate of drug-likeness (QED) is 0.0389. The predicted molar refractivity (Wildman–Crippen MR) is 555 cm³/mol. The highest BCUT2D eigenvalue weighted by atomic mass is 19.2. The minimum Gasteiger partial charge on any atom is -0.356 e. The van der Waals surface area contributed by atoms with Gasteiger partial charge in [-0.05, 0) is 203 Å². The van der Waals surface area contributed by atoms with Gasteiger partial charge in [0.2, 0.25) is 5.84 Å². The lowest BCUT2D eigenvalue weighted by molar-refractivity contribution is -1.01. The number of hydrogen-bond acceptors (Lipinski definition) is 7. The van der Waals surface area contributed by atoms with E-state index in [9.17, 15) is 49.9 Å². The second-order valence-corrected chi connectivity index (χ2v) is 45.4. The molecule has 10 aromatic rings. The molecule has 17 rings (SSSR count). The Morgan fingerprint density at radius 1 is 0.500 bits per heavy atom. The summed E-state index contributed by atoms with van der Waals surface area (Å²) in [5.41, 5.74) is 11.2. The van der Waals surface area contributed by atoms with Gasteiger partial charge < -0.3 is 27.8 Å². The zero-order valence-corrected chi connectivity index (χ0v) is 87.4. The van der Waals surface area contributed by atoms with Crippen molar-refractivity contribution in [2.75, 3.05) is 187 Å². The summed E-state index contributed by atoms with van der Waals surface area (Å²) >= 11 is 0. The van der Waals surface area contributed by atoms with Gasteiger partial charge in [0.1, 0.15) is 83.8 Å². The zero-order valence-electron chi connectivity index (χ0n) is 87.4. The summed E-state index contributed by atoms with van der Waals surface area (Å²) in [5.74, 6) is -0.391. The number of aromatic nitrogens is 1. The number of quaternary nitrogens is 9. The predicted octanol–water partition coefficient (Wildman–Crippen LogP) is 22.9. The summed E-state index contributed by atoms with van der Waals surface area (Å²) in [6.45, 7) is 32.6. The number of hydrogen-bond donors (Lipinski definition) is 2. The highest BCUT2D eigenvalue weighted by Crippen LogP contribution is 2.50. The number of benzene rings is 9. The van der Waals surface area contributed by atoms with Crippen molar-refractivity contribution in [2.45, 2.75) is 179 Å². The van der Waals surface area contributed by atoms with Gasteiger partial charge >= 0.3 is 18.0 Å². The van der Waals surface area contributed by atoms with E-state index in [0.29, 0.717) is 34.7 Å². The molecular formula is C117H155F7N13O5+9. The Morgan fingerprint density at radius 2 is 0.923 bits per heavy atom. The van der Waals surface area contributed by atoms with Crippen LogP contribution in [0.3, 0.4) is 0 Å². The summed E-state index contributed by atoms with van der Waals surface area (Å²) in [7, 11) is 21.5. The Bertz CT molecular complexity index is 6010. The van der Waals surface area contributed by atoms with Gasteiger partial charge in [-0.3, -0.25) is 14.6 Å². The minimum absolute atomic E-state index is 0.0567. The molecule has 18 nitrogen and oxygen atoms in total. The number of allylic oxidation sites excluding steroid dienone is 1. The second kappa shape index (κ2) is 42.5. The second-order valence-electron chi connectivity index (χ2n) is 45.4. The molecule has 1 spiro atoms. The van der Waals surface area contributed by atoms with E-state index >= 15 is 0 Å². The van der Waals surface area contributed by atoms with Crippen LogP contribution in [-0.2, 0) is 25.8 Å². The summed E-state index contributed by atoms with van der Waals surface area (Å²) in [4.78, 5) is 57.9. The molecule has 0 aliphatic carbocycles. The number of fused-ring (bicyclic) bond motifs is 2. The lowest BCUT2D eigenvalue weighted by Gasteiger charge is -2.50. The van der Waals surface area contributed by atoms with Crippen LogP contribution < -0.4 is 19.6 Å². The number of nitrogens with one attached hydrogen (secondary N) is 2. The normalized spacial score (nSPS) is 27.3. The fourth-order valence-electron chi connectivity index (χ4n) is 23.9. The molecule has 9 aromatic carbocycles. The maximum absolute atomic E-state index is 13.7. The number of carbonyl (C=O) groups excluding carboxylic acids is 4. The molecule has 8 heterocycles. The number of nitrogens with zero attached hydrogens (tertiary/aromatic N) is 11. The zero-order chi connectivity index (χ0) is 103. The molecule has 25 heteroatoms. The molecule has 7 aliphatic rings. The molecule has 5 saturated heterocycles. The molecular weight excluding hydrogens is 1800 g/mol. The van der Waals surface area contributed by atoms with Crippen LogP contribution in [0.4, 0.5) is 57.4 Å². The van der Waals surface area contributed by atoms with Crippen molar-refractivity contribution in [3.8, 4) is 0 Å². The first-order chi connectivity index (χ1) is 67.1. The lowest BCUT2D eigenvalue weighted by Crippen LogP contribution is -2.70. The number of amidine groups is 1. The van der Waals surface area contributed by atoms with Gasteiger partial charge in [0.15, 0.2) is 23.5 Å². The summed E-state index contributed by atoms with van der Waals surface area (Å²) in [5, 5.41) is 11.5. The number of amides is 6. The van der Waals surface area contributed by atoms with E-state index in [1.54, 1.807) is 6.07 Å². The Balaban J connectivity index is 0.000000151. The number of likely N-dealkylation sites (N-methyl/N-ethyl adjacent to an activating group) is 4. The molecule has 6 amide bonds. The third kappa shape index (κ3) is 22.2. The Kier molecular flexibility index (Phi) is 32.1. The Labute approximate surface area is 838 Å². The molecule has 142 heavy (non-hydrogen) atoms. The number of aliphatic imine (C=N–C) groups is 1. The molecule has 7 aliphatic heterocycles. The highest BCUT2D eigenvalue weighted by molar-refractivity contribution is 6.08. The van der Waals surface area contributed by atoms with Crippen LogP contribution in [0.25, 0.3) is 11.0 Å². The number of rotatable bonds is 27. The number of anilines is 1. The maximum atomic E-state index is 13.7. The number of halogens is 7. The first-order valence-corrected chi connectivity index (χ1v) is 51.5. The molecule has 5 fully saturated rings. The maximum Gasteiger partial charge on any atom is 0.513 e. The van der Waals surface area contributed by atoms with Gasteiger partial charge in [0.05, 0.1) is 192 Å². The monoisotopic (exact) mass is 1960 g/mol. The number of para-hydroxylation sites is 3. The average Bonchev–Trinajstić information content (AvgIpc) is 1.56. The molecule has 0 saturated carbocycles. The van der Waals surface area contributed by atoms with Crippen LogP contribution in [0.1, 0.15) is 190 Å². The van der Waals surface area contributed by atoms with Gasteiger partial charge in [-0.2, -0.15) is 9.28 Å². The van der Waals surface area contributed by atoms with E-state index in [1.807, 2.05) is 125 Å². The van der Waals surface area contributed by atoms with Crippen LogP contribution in [0.2, 0.25) is 0 Å². The number of piperidine rings is 3. The van der Waals surface area contributed by atoms with Gasteiger partial charge in [-0.1, -0.05) is 136 Å². The van der Waals surface area contributed by atoms with Gasteiger partial charge in [-0.25, -0.2) is 58.8 Å². The highest BCUT2D eigenvalue weighted by Gasteiger charge is 2.64. The molecule has 3 unspecified atom stereocenters. The third-order valence-corrected chi connectivity index (χ3v) is 35.6. The molecule has 1 aromatic heterocycles. The van der Waals surface area contributed by atoms with Crippen LogP contribution in [0.15, 0.2) is 239 Å². The molecule has 0 radical (unpaired) electrons. The summed E-state index contributed by atoms with van der Waals surface area (Å²) < 4.78 is 107. The number of likely N-dealkylation sites (tertiary alicyclic amines) is 3. The van der Waals surface area contributed by atoms with Crippen LogP contribution in [-0.4, -0.2) is 259 Å². The first-order valence-electron chi connectivity index (χ1n) is 51.5. The van der Waals surface area contributed by atoms with Crippen molar-refractivity contribution >= 4 is 57.7 Å². The summed E-state index contributed by atoms with van der Waals surface area (Å²) in [6.07, 6.45) is 12.7. The topological polar surface area (TPSA) is 131 Å². The van der Waals surface area contributed by atoms with Crippen molar-refractivity contribution in [3.05, 3.63) is 309 Å². The largest absolute Gasteiger partial charge is 0.513 e. The number of carbonyl (C=O) groups is 4. The minimum atomic E-state index is -0.435. The average molecular weight is 1960 g/mol. The molecule has 0 bridgehead atoms. The van der Waals surface area contributed by atoms with E-state index in [0.717, 1.165) is 285 Å². The van der Waals surface area contributed by atoms with Crippen molar-refractivity contribution in [2.24, 2.45) is 4.99 Å². The van der Waals surface area contributed by atoms with Crippen molar-refractivity contribution in [1.29, 1.82) is 0 Å². The Hall–Kier alpha value is -10.7. The third-order valence-electron chi connectivity index (χ3n) is 35.6. The van der Waals surface area contributed by atoms with Crippen LogP contribution in [0.5, 0.6) is 0 Å². The van der Waals surface area contributed by atoms with E-state index in [4.69, 9.17) is 9.52 Å². The van der Waals surface area contributed by atoms with Crippen LogP contribution in [0, 0.1) is 40.7 Å². The molecule has 2 N–H and O–H groups in total.